The van der Waals surface area contributed by atoms with Crippen LogP contribution < -0.4 is 4.46 Å². The van der Waals surface area contributed by atoms with Crippen molar-refractivity contribution in [2.45, 2.75) is 33.1 Å². The number of rotatable bonds is 5. The first-order valence-electron chi connectivity index (χ1n) is 7.21. The zero-order valence-electron chi connectivity index (χ0n) is 12.4. The predicted molar refractivity (Wildman–Crippen MR) is 83.5 cm³/mol. The molecule has 0 aromatic heterocycles. The third-order valence-corrected chi connectivity index (χ3v) is 5.57. The van der Waals surface area contributed by atoms with Crippen molar-refractivity contribution in [1.29, 1.82) is 0 Å². The van der Waals surface area contributed by atoms with Gasteiger partial charge in [0.25, 0.3) is 0 Å². The van der Waals surface area contributed by atoms with Gasteiger partial charge < -0.3 is 0 Å². The molecule has 0 saturated heterocycles. The number of ketones is 1. The summed E-state index contributed by atoms with van der Waals surface area (Å²) in [5, 5.41) is 0. The number of benzene rings is 1. The van der Waals surface area contributed by atoms with Crippen LogP contribution in [-0.4, -0.2) is 33.3 Å². The summed E-state index contributed by atoms with van der Waals surface area (Å²) in [5.74, 6) is -0.375. The molecule has 21 heavy (non-hydrogen) atoms. The molecular formula is C17H20O3Se. The molecule has 1 unspecified atom stereocenters. The van der Waals surface area contributed by atoms with Crippen LogP contribution in [0, 0.1) is 5.41 Å². The Morgan fingerprint density at radius 1 is 1.38 bits per heavy atom. The molecule has 1 fully saturated rings. The fourth-order valence-corrected chi connectivity index (χ4v) is 4.57. The molecular weight excluding hydrogens is 331 g/mol. The summed E-state index contributed by atoms with van der Waals surface area (Å²) in [6, 6.07) is 10.1. The maximum atomic E-state index is 12.3. The van der Waals surface area contributed by atoms with Gasteiger partial charge >= 0.3 is 132 Å². The minimum atomic E-state index is -1.03. The van der Waals surface area contributed by atoms with Crippen LogP contribution in [0.15, 0.2) is 40.9 Å². The second-order valence-electron chi connectivity index (χ2n) is 5.14. The van der Waals surface area contributed by atoms with Gasteiger partial charge in [0.1, 0.15) is 0 Å². The van der Waals surface area contributed by atoms with E-state index in [0.717, 1.165) is 10.9 Å². The number of ether oxygens (including phenoxy) is 1. The van der Waals surface area contributed by atoms with Crippen LogP contribution in [0.4, 0.5) is 0 Å². The van der Waals surface area contributed by atoms with Gasteiger partial charge in [-0.1, -0.05) is 0 Å². The van der Waals surface area contributed by atoms with Crippen molar-refractivity contribution in [2.24, 2.45) is 5.41 Å². The van der Waals surface area contributed by atoms with Crippen LogP contribution in [0.3, 0.4) is 0 Å². The van der Waals surface area contributed by atoms with Crippen LogP contribution in [0.25, 0.3) is 0 Å². The predicted octanol–water partition coefficient (Wildman–Crippen LogP) is 2.22. The zero-order chi connectivity index (χ0) is 15.3. The van der Waals surface area contributed by atoms with E-state index in [1.807, 2.05) is 31.2 Å². The zero-order valence-corrected chi connectivity index (χ0v) is 14.1. The minimum absolute atomic E-state index is 0.00385. The quantitative estimate of drug-likeness (QED) is 0.464. The van der Waals surface area contributed by atoms with Gasteiger partial charge in [0, 0.05) is 0 Å². The SMILES string of the molecule is CCOC(=O)C1(/C=C(\C)[Se]c2ccccc2)CCCC1=O. The van der Waals surface area contributed by atoms with Gasteiger partial charge in [-0.2, -0.15) is 0 Å². The number of allylic oxidation sites excluding steroid dienone is 1. The first-order valence-corrected chi connectivity index (χ1v) is 8.92. The number of hydrogen-bond donors (Lipinski definition) is 0. The topological polar surface area (TPSA) is 43.4 Å². The van der Waals surface area contributed by atoms with Gasteiger partial charge in [-0.25, -0.2) is 0 Å². The molecule has 1 aromatic carbocycles. The van der Waals surface area contributed by atoms with Crippen molar-refractivity contribution in [2.75, 3.05) is 6.61 Å². The molecule has 2 rings (SSSR count). The first-order chi connectivity index (χ1) is 10.1. The Hall–Kier alpha value is -1.38. The summed E-state index contributed by atoms with van der Waals surface area (Å²) in [6.07, 6.45) is 3.68. The Bertz CT molecular complexity index is 550. The molecule has 3 nitrogen and oxygen atoms in total. The number of carbonyl (C=O) groups is 2. The van der Waals surface area contributed by atoms with Crippen molar-refractivity contribution in [3.05, 3.63) is 40.9 Å². The normalized spacial score (nSPS) is 22.4. The summed E-state index contributed by atoms with van der Waals surface area (Å²) < 4.78 is 7.49. The van der Waals surface area contributed by atoms with Gasteiger partial charge in [0.2, 0.25) is 0 Å². The Morgan fingerprint density at radius 2 is 2.10 bits per heavy atom. The van der Waals surface area contributed by atoms with Crippen LogP contribution in [-0.2, 0) is 14.3 Å². The third kappa shape index (κ3) is 3.63. The molecule has 0 bridgehead atoms. The monoisotopic (exact) mass is 352 g/mol. The summed E-state index contributed by atoms with van der Waals surface area (Å²) in [7, 11) is 0. The van der Waals surface area contributed by atoms with Crippen molar-refractivity contribution in [1.82, 2.24) is 0 Å². The molecule has 1 saturated carbocycles. The van der Waals surface area contributed by atoms with Crippen molar-refractivity contribution in [3.63, 3.8) is 0 Å². The average molecular weight is 351 g/mol. The van der Waals surface area contributed by atoms with E-state index in [4.69, 9.17) is 4.74 Å². The molecule has 1 aromatic rings. The van der Waals surface area contributed by atoms with E-state index in [9.17, 15) is 9.59 Å². The number of Topliss-reactive ketones (excluding diaryl/α,β-unsaturated/α-hetero) is 1. The first kappa shape index (κ1) is 16.0. The van der Waals surface area contributed by atoms with Crippen LogP contribution in [0.1, 0.15) is 33.1 Å². The van der Waals surface area contributed by atoms with Gasteiger partial charge in [-0.15, -0.1) is 0 Å². The van der Waals surface area contributed by atoms with Crippen LogP contribution in [0.5, 0.6) is 0 Å². The molecule has 0 amide bonds. The second kappa shape index (κ2) is 7.06. The fraction of sp³-hybridized carbons (Fsp3) is 0.412. The van der Waals surface area contributed by atoms with E-state index < -0.39 is 5.41 Å². The maximum absolute atomic E-state index is 12.3. The van der Waals surface area contributed by atoms with Crippen molar-refractivity contribution >= 4 is 31.2 Å². The Kier molecular flexibility index (Phi) is 5.38. The standard InChI is InChI=1S/C17H20O3Se/c1-3-20-16(19)17(11-7-10-15(17)18)12-13(2)21-14-8-5-4-6-9-14/h4-6,8-9,12H,3,7,10-11H2,1-2H3/b13-12+. The van der Waals surface area contributed by atoms with Crippen molar-refractivity contribution < 1.29 is 14.3 Å². The second-order valence-corrected chi connectivity index (χ2v) is 7.91. The third-order valence-electron chi connectivity index (χ3n) is 3.58. The number of carbonyl (C=O) groups excluding carboxylic acids is 2. The number of esters is 1. The molecule has 1 aliphatic carbocycles. The average Bonchev–Trinajstić information content (AvgIpc) is 2.82. The van der Waals surface area contributed by atoms with Crippen LogP contribution >= 0.6 is 0 Å². The summed E-state index contributed by atoms with van der Waals surface area (Å²) in [4.78, 5) is 24.5. The molecule has 0 aliphatic heterocycles. The van der Waals surface area contributed by atoms with E-state index >= 15 is 0 Å². The van der Waals surface area contributed by atoms with E-state index in [1.165, 1.54) is 4.46 Å². The molecule has 1 atom stereocenters. The van der Waals surface area contributed by atoms with E-state index in [1.54, 1.807) is 6.92 Å². The molecule has 0 heterocycles. The van der Waals surface area contributed by atoms with E-state index in [0.29, 0.717) is 19.4 Å². The van der Waals surface area contributed by atoms with Crippen LogP contribution in [0.2, 0.25) is 0 Å². The molecule has 0 N–H and O–H groups in total. The molecule has 112 valence electrons. The molecule has 4 heteroatoms. The summed E-state index contributed by atoms with van der Waals surface area (Å²) in [5.41, 5.74) is -1.03. The number of hydrogen-bond acceptors (Lipinski definition) is 3. The van der Waals surface area contributed by atoms with E-state index in [2.05, 4.69) is 12.1 Å². The van der Waals surface area contributed by atoms with Gasteiger partial charge in [0.05, 0.1) is 0 Å². The Labute approximate surface area is 131 Å². The molecule has 0 radical (unpaired) electrons. The van der Waals surface area contributed by atoms with Crippen molar-refractivity contribution in [3.8, 4) is 0 Å². The van der Waals surface area contributed by atoms with Gasteiger partial charge in [-0.3, -0.25) is 0 Å². The van der Waals surface area contributed by atoms with Gasteiger partial charge in [-0.05, 0) is 0 Å². The summed E-state index contributed by atoms with van der Waals surface area (Å²) >= 11 is 0.129. The fourth-order valence-electron chi connectivity index (χ4n) is 2.63. The molecule has 0 spiro atoms. The van der Waals surface area contributed by atoms with Gasteiger partial charge in [0.15, 0.2) is 0 Å². The Morgan fingerprint density at radius 3 is 2.67 bits per heavy atom. The Balaban J connectivity index is 2.24. The van der Waals surface area contributed by atoms with E-state index in [-0.39, 0.29) is 26.7 Å². The summed E-state index contributed by atoms with van der Waals surface area (Å²) in [6.45, 7) is 4.08. The molecule has 1 aliphatic rings.